The zero-order valence-corrected chi connectivity index (χ0v) is 9.21. The number of nitrogens with two attached hydrogens (primary N) is 1. The highest BCUT2D eigenvalue weighted by atomic mass is 16.5. The van der Waals surface area contributed by atoms with E-state index in [0.717, 1.165) is 19.3 Å². The lowest BCUT2D eigenvalue weighted by Crippen LogP contribution is -2.45. The summed E-state index contributed by atoms with van der Waals surface area (Å²) in [6, 6.07) is 0. The third-order valence-electron chi connectivity index (χ3n) is 2.93. The second-order valence-corrected chi connectivity index (χ2v) is 4.55. The van der Waals surface area contributed by atoms with Crippen LogP contribution in [0.15, 0.2) is 0 Å². The zero-order valence-electron chi connectivity index (χ0n) is 9.21. The number of hydrogen-bond donors (Lipinski definition) is 1. The predicted molar refractivity (Wildman–Crippen MR) is 55.8 cm³/mol. The molecule has 1 saturated carbocycles. The Bertz CT molecular complexity index is 205. The molecule has 0 spiro atoms. The van der Waals surface area contributed by atoms with Crippen molar-refractivity contribution in [3.05, 3.63) is 0 Å². The van der Waals surface area contributed by atoms with Crippen LogP contribution in [0.25, 0.3) is 0 Å². The average molecular weight is 199 g/mol. The van der Waals surface area contributed by atoms with Gasteiger partial charge in [-0.05, 0) is 25.7 Å². The van der Waals surface area contributed by atoms with Crippen LogP contribution >= 0.6 is 0 Å². The quantitative estimate of drug-likeness (QED) is 0.706. The smallest absolute Gasteiger partial charge is 0.307 e. The third-order valence-corrected chi connectivity index (χ3v) is 2.93. The molecule has 0 aromatic carbocycles. The van der Waals surface area contributed by atoms with Gasteiger partial charge in [-0.1, -0.05) is 19.8 Å². The topological polar surface area (TPSA) is 52.3 Å². The fraction of sp³-hybridized carbons (Fsp3) is 0.909. The summed E-state index contributed by atoms with van der Waals surface area (Å²) >= 11 is 0. The maximum atomic E-state index is 11.3. The molecular weight excluding hydrogens is 178 g/mol. The predicted octanol–water partition coefficient (Wildman–Crippen LogP) is 1.85. The van der Waals surface area contributed by atoms with Crippen LogP contribution in [0.2, 0.25) is 0 Å². The Morgan fingerprint density at radius 1 is 1.64 bits per heavy atom. The van der Waals surface area contributed by atoms with Crippen molar-refractivity contribution in [1.29, 1.82) is 0 Å². The second-order valence-electron chi connectivity index (χ2n) is 4.55. The van der Waals surface area contributed by atoms with Crippen LogP contribution in [0, 0.1) is 5.92 Å². The van der Waals surface area contributed by atoms with E-state index >= 15 is 0 Å². The first-order chi connectivity index (χ1) is 6.56. The van der Waals surface area contributed by atoms with Gasteiger partial charge in [0, 0.05) is 5.54 Å². The maximum Gasteiger partial charge on any atom is 0.307 e. The standard InChI is InChI=1S/C11H21NO2/c1-3-14-10(13)8-11(12)6-4-5-9(2)7-11/h9H,3-8,12H2,1-2H3. The molecule has 0 aliphatic heterocycles. The summed E-state index contributed by atoms with van der Waals surface area (Å²) < 4.78 is 4.93. The summed E-state index contributed by atoms with van der Waals surface area (Å²) in [5.74, 6) is 0.493. The molecule has 14 heavy (non-hydrogen) atoms. The molecule has 0 aromatic heterocycles. The van der Waals surface area contributed by atoms with E-state index in [1.165, 1.54) is 6.42 Å². The van der Waals surface area contributed by atoms with Crippen LogP contribution in [0.4, 0.5) is 0 Å². The number of rotatable bonds is 3. The molecule has 2 N–H and O–H groups in total. The van der Waals surface area contributed by atoms with Gasteiger partial charge in [-0.15, -0.1) is 0 Å². The van der Waals surface area contributed by atoms with Crippen LogP contribution in [0.1, 0.15) is 46.0 Å². The Kier molecular flexibility index (Phi) is 3.93. The first-order valence-corrected chi connectivity index (χ1v) is 5.50. The molecule has 3 heteroatoms. The molecule has 1 aliphatic carbocycles. The van der Waals surface area contributed by atoms with E-state index in [1.807, 2.05) is 6.92 Å². The molecule has 2 atom stereocenters. The second kappa shape index (κ2) is 4.78. The molecule has 82 valence electrons. The summed E-state index contributed by atoms with van der Waals surface area (Å²) in [6.45, 7) is 4.47. The van der Waals surface area contributed by atoms with Gasteiger partial charge in [0.1, 0.15) is 0 Å². The average Bonchev–Trinajstić information content (AvgIpc) is 2.02. The van der Waals surface area contributed by atoms with Crippen LogP contribution in [0.5, 0.6) is 0 Å². The van der Waals surface area contributed by atoms with Gasteiger partial charge < -0.3 is 10.5 Å². The maximum absolute atomic E-state index is 11.3. The molecule has 1 fully saturated rings. The Morgan fingerprint density at radius 3 is 2.93 bits per heavy atom. The van der Waals surface area contributed by atoms with E-state index in [2.05, 4.69) is 6.92 Å². The minimum atomic E-state index is -0.302. The minimum absolute atomic E-state index is 0.149. The van der Waals surface area contributed by atoms with E-state index in [0.29, 0.717) is 18.9 Å². The Morgan fingerprint density at radius 2 is 2.36 bits per heavy atom. The molecule has 0 aromatic rings. The van der Waals surface area contributed by atoms with Gasteiger partial charge in [0.25, 0.3) is 0 Å². The molecular formula is C11H21NO2. The SMILES string of the molecule is CCOC(=O)CC1(N)CCCC(C)C1. The Labute approximate surface area is 86.0 Å². The molecule has 2 unspecified atom stereocenters. The first-order valence-electron chi connectivity index (χ1n) is 5.50. The van der Waals surface area contributed by atoms with Gasteiger partial charge in [0.2, 0.25) is 0 Å². The highest BCUT2D eigenvalue weighted by molar-refractivity contribution is 5.70. The van der Waals surface area contributed by atoms with Crippen LogP contribution < -0.4 is 5.73 Å². The van der Waals surface area contributed by atoms with Crippen molar-refractivity contribution in [2.45, 2.75) is 51.5 Å². The van der Waals surface area contributed by atoms with E-state index in [1.54, 1.807) is 0 Å². The monoisotopic (exact) mass is 199 g/mol. The van der Waals surface area contributed by atoms with Crippen molar-refractivity contribution < 1.29 is 9.53 Å². The van der Waals surface area contributed by atoms with Gasteiger partial charge >= 0.3 is 5.97 Å². The molecule has 0 heterocycles. The Balaban J connectivity index is 2.43. The summed E-state index contributed by atoms with van der Waals surface area (Å²) in [7, 11) is 0. The highest BCUT2D eigenvalue weighted by Gasteiger charge is 2.33. The van der Waals surface area contributed by atoms with Crippen molar-refractivity contribution in [3.8, 4) is 0 Å². The van der Waals surface area contributed by atoms with E-state index in [-0.39, 0.29) is 11.5 Å². The molecule has 0 bridgehead atoms. The van der Waals surface area contributed by atoms with Crippen molar-refractivity contribution >= 4 is 5.97 Å². The first kappa shape index (κ1) is 11.5. The fourth-order valence-electron chi connectivity index (χ4n) is 2.36. The lowest BCUT2D eigenvalue weighted by atomic mass is 9.75. The molecule has 0 radical (unpaired) electrons. The number of ether oxygens (including phenoxy) is 1. The summed E-state index contributed by atoms with van der Waals surface area (Å²) in [6.07, 6.45) is 4.66. The number of carbonyl (C=O) groups is 1. The lowest BCUT2D eigenvalue weighted by Gasteiger charge is -2.35. The van der Waals surface area contributed by atoms with Gasteiger partial charge in [-0.25, -0.2) is 0 Å². The number of carbonyl (C=O) groups excluding carboxylic acids is 1. The van der Waals surface area contributed by atoms with Crippen LogP contribution in [0.3, 0.4) is 0 Å². The normalized spacial score (nSPS) is 32.6. The van der Waals surface area contributed by atoms with Gasteiger partial charge in [-0.2, -0.15) is 0 Å². The van der Waals surface area contributed by atoms with E-state index < -0.39 is 0 Å². The van der Waals surface area contributed by atoms with E-state index in [9.17, 15) is 4.79 Å². The lowest BCUT2D eigenvalue weighted by molar-refractivity contribution is -0.145. The number of hydrogen-bond acceptors (Lipinski definition) is 3. The Hall–Kier alpha value is -0.570. The van der Waals surface area contributed by atoms with Crippen molar-refractivity contribution in [2.24, 2.45) is 11.7 Å². The number of esters is 1. The third kappa shape index (κ3) is 3.29. The molecule has 0 saturated heterocycles. The van der Waals surface area contributed by atoms with Gasteiger partial charge in [0.15, 0.2) is 0 Å². The van der Waals surface area contributed by atoms with Crippen molar-refractivity contribution in [2.75, 3.05) is 6.61 Å². The molecule has 0 amide bonds. The molecule has 1 rings (SSSR count). The minimum Gasteiger partial charge on any atom is -0.466 e. The van der Waals surface area contributed by atoms with Crippen LogP contribution in [-0.2, 0) is 9.53 Å². The summed E-state index contributed by atoms with van der Waals surface area (Å²) in [5, 5.41) is 0. The van der Waals surface area contributed by atoms with Crippen LogP contribution in [-0.4, -0.2) is 18.1 Å². The zero-order chi connectivity index (χ0) is 10.6. The van der Waals surface area contributed by atoms with Gasteiger partial charge in [0.05, 0.1) is 13.0 Å². The van der Waals surface area contributed by atoms with Gasteiger partial charge in [-0.3, -0.25) is 4.79 Å². The highest BCUT2D eigenvalue weighted by Crippen LogP contribution is 2.32. The largest absolute Gasteiger partial charge is 0.466 e. The molecule has 3 nitrogen and oxygen atoms in total. The summed E-state index contributed by atoms with van der Waals surface area (Å²) in [5.41, 5.74) is 5.88. The van der Waals surface area contributed by atoms with E-state index in [4.69, 9.17) is 10.5 Å². The molecule has 1 aliphatic rings. The fourth-order valence-corrected chi connectivity index (χ4v) is 2.36. The summed E-state index contributed by atoms with van der Waals surface area (Å²) in [4.78, 5) is 11.3. The van der Waals surface area contributed by atoms with Crippen molar-refractivity contribution in [3.63, 3.8) is 0 Å². The van der Waals surface area contributed by atoms with Crippen molar-refractivity contribution in [1.82, 2.24) is 0 Å².